The summed E-state index contributed by atoms with van der Waals surface area (Å²) < 4.78 is 24.7. The second-order valence-corrected chi connectivity index (χ2v) is 7.77. The second-order valence-electron chi connectivity index (χ2n) is 7.77. The van der Waals surface area contributed by atoms with E-state index in [2.05, 4.69) is 15.5 Å². The number of nitrogens with one attached hydrogen (secondary N) is 2. The molecule has 0 spiro atoms. The standard InChI is InChI=1S/C23H21FN4O4/c1-13(29)25-11-17-12-28(23(30)32-17)16-6-7-18-20(10-16)31-9-8-19-21(26-27-22(18)19)14-2-4-15(24)5-3-14/h2-7,10,17H,8-9,11-12H2,1H3,(H,25,29)(H,26,27)/t17-/m0/s1. The van der Waals surface area contributed by atoms with Crippen LogP contribution in [0.15, 0.2) is 42.5 Å². The number of rotatable bonds is 4. The molecule has 1 saturated heterocycles. The molecule has 3 aromatic rings. The van der Waals surface area contributed by atoms with Gasteiger partial charge < -0.3 is 14.8 Å². The van der Waals surface area contributed by atoms with Crippen LogP contribution in [0.3, 0.4) is 0 Å². The number of anilines is 1. The summed E-state index contributed by atoms with van der Waals surface area (Å²) in [4.78, 5) is 25.0. The minimum absolute atomic E-state index is 0.173. The second kappa shape index (κ2) is 7.99. The molecule has 9 heteroatoms. The van der Waals surface area contributed by atoms with Crippen LogP contribution in [-0.4, -0.2) is 48.0 Å². The van der Waals surface area contributed by atoms with Gasteiger partial charge in [0.15, 0.2) is 0 Å². The SMILES string of the molecule is CC(=O)NC[C@H]1CN(c2ccc3c(c2)OCCc2c(-c4ccc(F)cc4)n[nH]c2-3)C(=O)O1. The number of amides is 2. The summed E-state index contributed by atoms with van der Waals surface area (Å²) in [6.07, 6.45) is -0.244. The molecule has 32 heavy (non-hydrogen) atoms. The molecule has 0 radical (unpaired) electrons. The summed E-state index contributed by atoms with van der Waals surface area (Å²) in [7, 11) is 0. The first kappa shape index (κ1) is 20.0. The maximum Gasteiger partial charge on any atom is 0.414 e. The van der Waals surface area contributed by atoms with E-state index in [1.54, 1.807) is 12.1 Å². The average Bonchev–Trinajstić information content (AvgIpc) is 3.31. The summed E-state index contributed by atoms with van der Waals surface area (Å²) in [6.45, 7) is 2.46. The number of fused-ring (bicyclic) bond motifs is 3. The third-order valence-electron chi connectivity index (χ3n) is 5.59. The van der Waals surface area contributed by atoms with Crippen LogP contribution in [0.25, 0.3) is 22.5 Å². The van der Waals surface area contributed by atoms with Gasteiger partial charge in [0.05, 0.1) is 36.8 Å². The molecule has 1 atom stereocenters. The molecular formula is C23H21FN4O4. The van der Waals surface area contributed by atoms with Crippen LogP contribution in [0.5, 0.6) is 5.75 Å². The van der Waals surface area contributed by atoms with E-state index in [9.17, 15) is 14.0 Å². The number of aromatic nitrogens is 2. The Hall–Kier alpha value is -3.88. The Morgan fingerprint density at radius 3 is 2.88 bits per heavy atom. The van der Waals surface area contributed by atoms with Crippen molar-refractivity contribution in [2.45, 2.75) is 19.4 Å². The van der Waals surface area contributed by atoms with E-state index in [1.165, 1.54) is 24.0 Å². The largest absolute Gasteiger partial charge is 0.492 e. The fourth-order valence-electron chi connectivity index (χ4n) is 4.04. The first-order valence-electron chi connectivity index (χ1n) is 10.3. The lowest BCUT2D eigenvalue weighted by atomic mass is 10.00. The zero-order chi connectivity index (χ0) is 22.2. The van der Waals surface area contributed by atoms with Crippen LogP contribution in [0.4, 0.5) is 14.9 Å². The number of H-pyrrole nitrogens is 1. The topological polar surface area (TPSA) is 96.5 Å². The van der Waals surface area contributed by atoms with E-state index in [0.717, 1.165) is 28.1 Å². The van der Waals surface area contributed by atoms with Gasteiger partial charge in [0.1, 0.15) is 17.7 Å². The van der Waals surface area contributed by atoms with Gasteiger partial charge in [0.2, 0.25) is 5.91 Å². The number of benzene rings is 2. The van der Waals surface area contributed by atoms with E-state index >= 15 is 0 Å². The van der Waals surface area contributed by atoms with Crippen molar-refractivity contribution >= 4 is 17.7 Å². The molecule has 0 saturated carbocycles. The van der Waals surface area contributed by atoms with Crippen molar-refractivity contribution in [3.05, 3.63) is 53.8 Å². The third-order valence-corrected chi connectivity index (χ3v) is 5.59. The smallest absolute Gasteiger partial charge is 0.414 e. The lowest BCUT2D eigenvalue weighted by molar-refractivity contribution is -0.119. The molecule has 2 aromatic carbocycles. The number of carbonyl (C=O) groups excluding carboxylic acids is 2. The van der Waals surface area contributed by atoms with Crippen molar-refractivity contribution in [1.29, 1.82) is 0 Å². The zero-order valence-electron chi connectivity index (χ0n) is 17.4. The molecule has 3 heterocycles. The van der Waals surface area contributed by atoms with E-state index in [-0.39, 0.29) is 18.3 Å². The van der Waals surface area contributed by atoms with Crippen molar-refractivity contribution in [2.75, 3.05) is 24.6 Å². The molecule has 2 N–H and O–H groups in total. The van der Waals surface area contributed by atoms with Gasteiger partial charge in [-0.3, -0.25) is 14.8 Å². The molecule has 8 nitrogen and oxygen atoms in total. The average molecular weight is 436 g/mol. The molecule has 0 bridgehead atoms. The van der Waals surface area contributed by atoms with Gasteiger partial charge in [-0.25, -0.2) is 9.18 Å². The van der Waals surface area contributed by atoms with Crippen LogP contribution < -0.4 is 15.0 Å². The Morgan fingerprint density at radius 2 is 2.09 bits per heavy atom. The van der Waals surface area contributed by atoms with Gasteiger partial charge in [-0.05, 0) is 36.4 Å². The van der Waals surface area contributed by atoms with Crippen LogP contribution in [0, 0.1) is 5.82 Å². The van der Waals surface area contributed by atoms with Gasteiger partial charge >= 0.3 is 6.09 Å². The molecule has 1 fully saturated rings. The van der Waals surface area contributed by atoms with Crippen LogP contribution in [0.1, 0.15) is 12.5 Å². The Bertz CT molecular complexity index is 1190. The number of aromatic amines is 1. The Morgan fingerprint density at radius 1 is 1.28 bits per heavy atom. The molecule has 0 aliphatic carbocycles. The van der Waals surface area contributed by atoms with Crippen LogP contribution >= 0.6 is 0 Å². The number of cyclic esters (lactones) is 1. The number of halogens is 1. The van der Waals surface area contributed by atoms with Gasteiger partial charge in [-0.15, -0.1) is 0 Å². The van der Waals surface area contributed by atoms with Crippen LogP contribution in [-0.2, 0) is 16.0 Å². The number of nitrogens with zero attached hydrogens (tertiary/aromatic N) is 2. The van der Waals surface area contributed by atoms with E-state index in [0.29, 0.717) is 31.0 Å². The molecule has 0 unspecified atom stereocenters. The zero-order valence-corrected chi connectivity index (χ0v) is 17.4. The third kappa shape index (κ3) is 3.66. The quantitative estimate of drug-likeness (QED) is 0.654. The first-order valence-corrected chi connectivity index (χ1v) is 10.3. The van der Waals surface area contributed by atoms with Crippen molar-refractivity contribution in [3.8, 4) is 28.3 Å². The maximum absolute atomic E-state index is 13.3. The van der Waals surface area contributed by atoms with E-state index in [4.69, 9.17) is 9.47 Å². The molecule has 2 aliphatic rings. The van der Waals surface area contributed by atoms with Crippen molar-refractivity contribution < 1.29 is 23.5 Å². The molecule has 2 amide bonds. The van der Waals surface area contributed by atoms with E-state index < -0.39 is 12.2 Å². The number of carbonyl (C=O) groups is 2. The van der Waals surface area contributed by atoms with E-state index in [1.807, 2.05) is 18.2 Å². The monoisotopic (exact) mass is 436 g/mol. The van der Waals surface area contributed by atoms with Crippen LogP contribution in [0.2, 0.25) is 0 Å². The molecule has 2 aliphatic heterocycles. The van der Waals surface area contributed by atoms with Gasteiger partial charge in [0, 0.05) is 36.1 Å². The molecular weight excluding hydrogens is 415 g/mol. The summed E-state index contributed by atoms with van der Waals surface area (Å²) in [6, 6.07) is 11.8. The lowest BCUT2D eigenvalue weighted by Gasteiger charge is -2.16. The van der Waals surface area contributed by atoms with Gasteiger partial charge in [-0.1, -0.05) is 0 Å². The Balaban J connectivity index is 1.43. The van der Waals surface area contributed by atoms with Crippen molar-refractivity contribution in [3.63, 3.8) is 0 Å². The fraction of sp³-hybridized carbons (Fsp3) is 0.261. The maximum atomic E-state index is 13.3. The fourth-order valence-corrected chi connectivity index (χ4v) is 4.04. The summed E-state index contributed by atoms with van der Waals surface area (Å²) in [5, 5.41) is 10.2. The molecule has 164 valence electrons. The molecule has 1 aromatic heterocycles. The number of ether oxygens (including phenoxy) is 2. The summed E-state index contributed by atoms with van der Waals surface area (Å²) in [5.74, 6) is 0.165. The highest BCUT2D eigenvalue weighted by Crippen LogP contribution is 2.40. The Labute approximate surface area is 183 Å². The highest BCUT2D eigenvalue weighted by Gasteiger charge is 2.33. The summed E-state index contributed by atoms with van der Waals surface area (Å²) in [5.41, 5.74) is 4.93. The van der Waals surface area contributed by atoms with Gasteiger partial charge in [0.25, 0.3) is 0 Å². The predicted molar refractivity (Wildman–Crippen MR) is 115 cm³/mol. The lowest BCUT2D eigenvalue weighted by Crippen LogP contribution is -2.33. The minimum atomic E-state index is -0.463. The number of hydrogen-bond donors (Lipinski definition) is 2. The van der Waals surface area contributed by atoms with Crippen molar-refractivity contribution in [2.24, 2.45) is 0 Å². The Kier molecular flexibility index (Phi) is 5.01. The normalized spacial score (nSPS) is 17.1. The first-order chi connectivity index (χ1) is 15.5. The number of hydrogen-bond acceptors (Lipinski definition) is 5. The van der Waals surface area contributed by atoms with Crippen molar-refractivity contribution in [1.82, 2.24) is 15.5 Å². The highest BCUT2D eigenvalue weighted by atomic mass is 19.1. The minimum Gasteiger partial charge on any atom is -0.492 e. The highest BCUT2D eigenvalue weighted by molar-refractivity contribution is 5.91. The summed E-state index contributed by atoms with van der Waals surface area (Å²) >= 11 is 0. The predicted octanol–water partition coefficient (Wildman–Crippen LogP) is 3.28. The van der Waals surface area contributed by atoms with Gasteiger partial charge in [-0.2, -0.15) is 5.10 Å². The molecule has 5 rings (SSSR count).